The van der Waals surface area contributed by atoms with Crippen molar-refractivity contribution in [3.05, 3.63) is 170 Å². The highest BCUT2D eigenvalue weighted by Gasteiger charge is 2.18. The highest BCUT2D eigenvalue weighted by atomic mass is 16.3. The number of fused-ring (bicyclic) bond motifs is 6. The van der Waals surface area contributed by atoms with Crippen LogP contribution in [0.25, 0.3) is 109 Å². The van der Waals surface area contributed by atoms with Gasteiger partial charge in [0.2, 0.25) is 0 Å². The van der Waals surface area contributed by atoms with Crippen LogP contribution in [0.15, 0.2) is 174 Å². The van der Waals surface area contributed by atoms with E-state index in [1.807, 2.05) is 0 Å². The second kappa shape index (κ2) is 10.0. The molecule has 11 aromatic rings. The molecule has 1 heteroatoms. The van der Waals surface area contributed by atoms with Gasteiger partial charge in [0.1, 0.15) is 11.2 Å². The van der Waals surface area contributed by atoms with Crippen LogP contribution >= 0.6 is 0 Å². The molecule has 0 bridgehead atoms. The van der Waals surface area contributed by atoms with Crippen LogP contribution in [0.4, 0.5) is 0 Å². The van der Waals surface area contributed by atoms with Crippen LogP contribution in [0, 0.1) is 0 Å². The van der Waals surface area contributed by atoms with E-state index in [0.717, 1.165) is 38.5 Å². The van der Waals surface area contributed by atoms with Crippen LogP contribution in [0.2, 0.25) is 0 Å². The number of hydrogen-bond acceptors (Lipinski definition) is 1. The Hall–Kier alpha value is -6.44. The second-order valence-electron chi connectivity index (χ2n) is 13.3. The van der Waals surface area contributed by atoms with E-state index in [-0.39, 0.29) is 0 Å². The molecule has 0 N–H and O–H groups in total. The molecule has 11 rings (SSSR count). The molecule has 0 unspecified atom stereocenters. The topological polar surface area (TPSA) is 13.1 Å². The Labute approximate surface area is 282 Å². The fourth-order valence-electron chi connectivity index (χ4n) is 8.17. The standard InChI is InChI=1S/C48H28O/c1-2-8-36-26-37(19-14-29(36)6-1)43-27-38(28-44-42-25-20-31-7-3-4-11-40(31)47(42)49-48(43)44)30-12-15-32(16-13-30)39-23-21-35-18-17-33-9-5-10-34-22-24-41(39)46(35)45(33)34/h1-28H. The van der Waals surface area contributed by atoms with Crippen molar-refractivity contribution in [3.8, 4) is 33.4 Å². The van der Waals surface area contributed by atoms with Crippen molar-refractivity contribution in [2.24, 2.45) is 0 Å². The summed E-state index contributed by atoms with van der Waals surface area (Å²) in [6.45, 7) is 0. The Morgan fingerprint density at radius 1 is 0.265 bits per heavy atom. The first kappa shape index (κ1) is 26.6. The number of rotatable bonds is 3. The third-order valence-corrected chi connectivity index (χ3v) is 10.6. The van der Waals surface area contributed by atoms with Crippen LogP contribution in [0.5, 0.6) is 0 Å². The molecule has 1 nitrogen and oxygen atoms in total. The predicted octanol–water partition coefficient (Wildman–Crippen LogP) is 13.8. The molecular formula is C48H28O. The highest BCUT2D eigenvalue weighted by molar-refractivity contribution is 6.25. The van der Waals surface area contributed by atoms with Crippen molar-refractivity contribution in [1.29, 1.82) is 0 Å². The maximum absolute atomic E-state index is 6.82. The van der Waals surface area contributed by atoms with Crippen molar-refractivity contribution >= 4 is 75.8 Å². The van der Waals surface area contributed by atoms with Gasteiger partial charge in [-0.15, -0.1) is 0 Å². The van der Waals surface area contributed by atoms with Crippen molar-refractivity contribution in [3.63, 3.8) is 0 Å². The summed E-state index contributed by atoms with van der Waals surface area (Å²) in [5.74, 6) is 0. The largest absolute Gasteiger partial charge is 0.455 e. The minimum atomic E-state index is 0.927. The van der Waals surface area contributed by atoms with Gasteiger partial charge < -0.3 is 4.42 Å². The molecule has 0 saturated heterocycles. The van der Waals surface area contributed by atoms with Crippen LogP contribution in [-0.4, -0.2) is 0 Å². The van der Waals surface area contributed by atoms with Gasteiger partial charge in [-0.25, -0.2) is 0 Å². The highest BCUT2D eigenvalue weighted by Crippen LogP contribution is 2.43. The Morgan fingerprint density at radius 2 is 0.878 bits per heavy atom. The minimum absolute atomic E-state index is 0.927. The Bertz CT molecular complexity index is 3070. The molecule has 10 aromatic carbocycles. The van der Waals surface area contributed by atoms with Crippen molar-refractivity contribution < 1.29 is 4.42 Å². The van der Waals surface area contributed by atoms with Gasteiger partial charge in [-0.1, -0.05) is 146 Å². The van der Waals surface area contributed by atoms with Gasteiger partial charge in [0, 0.05) is 21.7 Å². The molecule has 0 radical (unpaired) electrons. The zero-order chi connectivity index (χ0) is 32.1. The SMILES string of the molecule is c1ccc2cc(-c3cc(-c4ccc(-c5ccc6ccc7cccc8ccc5c6c78)cc4)cc4c3oc3c5ccccc5ccc43)ccc2c1. The van der Waals surface area contributed by atoms with E-state index in [2.05, 4.69) is 170 Å². The summed E-state index contributed by atoms with van der Waals surface area (Å²) in [6.07, 6.45) is 0. The molecule has 226 valence electrons. The first-order valence-corrected chi connectivity index (χ1v) is 16.9. The molecule has 0 spiro atoms. The van der Waals surface area contributed by atoms with E-state index in [4.69, 9.17) is 4.42 Å². The summed E-state index contributed by atoms with van der Waals surface area (Å²) in [7, 11) is 0. The molecule has 0 aliphatic heterocycles. The van der Waals surface area contributed by atoms with Crippen molar-refractivity contribution in [2.45, 2.75) is 0 Å². The third-order valence-electron chi connectivity index (χ3n) is 10.6. The van der Waals surface area contributed by atoms with Crippen molar-refractivity contribution in [2.75, 3.05) is 0 Å². The molecule has 0 saturated carbocycles. The van der Waals surface area contributed by atoms with Gasteiger partial charge in [-0.2, -0.15) is 0 Å². The van der Waals surface area contributed by atoms with Gasteiger partial charge in [0.15, 0.2) is 0 Å². The van der Waals surface area contributed by atoms with E-state index in [1.165, 1.54) is 70.7 Å². The summed E-state index contributed by atoms with van der Waals surface area (Å²) < 4.78 is 6.82. The van der Waals surface area contributed by atoms with E-state index in [1.54, 1.807) is 0 Å². The smallest absolute Gasteiger partial charge is 0.143 e. The molecule has 49 heavy (non-hydrogen) atoms. The quantitative estimate of drug-likeness (QED) is 0.179. The zero-order valence-corrected chi connectivity index (χ0v) is 26.6. The van der Waals surface area contributed by atoms with Crippen LogP contribution in [0.3, 0.4) is 0 Å². The fourth-order valence-corrected chi connectivity index (χ4v) is 8.17. The molecule has 0 aliphatic carbocycles. The van der Waals surface area contributed by atoms with Crippen LogP contribution in [-0.2, 0) is 0 Å². The van der Waals surface area contributed by atoms with Crippen molar-refractivity contribution in [1.82, 2.24) is 0 Å². The number of benzene rings is 10. The summed E-state index contributed by atoms with van der Waals surface area (Å²) in [4.78, 5) is 0. The summed E-state index contributed by atoms with van der Waals surface area (Å²) in [5, 5.41) is 14.9. The van der Waals surface area contributed by atoms with Crippen LogP contribution in [0.1, 0.15) is 0 Å². The van der Waals surface area contributed by atoms with Crippen LogP contribution < -0.4 is 0 Å². The number of furan rings is 1. The lowest BCUT2D eigenvalue weighted by atomic mass is 9.89. The third kappa shape index (κ3) is 3.94. The van der Waals surface area contributed by atoms with E-state index < -0.39 is 0 Å². The lowest BCUT2D eigenvalue weighted by Gasteiger charge is -2.14. The van der Waals surface area contributed by atoms with E-state index in [0.29, 0.717) is 0 Å². The summed E-state index contributed by atoms with van der Waals surface area (Å²) in [6, 6.07) is 62.1. The summed E-state index contributed by atoms with van der Waals surface area (Å²) in [5.41, 5.74) is 8.96. The van der Waals surface area contributed by atoms with Gasteiger partial charge in [0.05, 0.1) is 0 Å². The molecular weight excluding hydrogens is 593 g/mol. The first-order valence-electron chi connectivity index (χ1n) is 16.9. The van der Waals surface area contributed by atoms with Gasteiger partial charge >= 0.3 is 0 Å². The Balaban J connectivity index is 1.11. The van der Waals surface area contributed by atoms with Gasteiger partial charge in [-0.05, 0) is 101 Å². The zero-order valence-electron chi connectivity index (χ0n) is 26.6. The fraction of sp³-hybridized carbons (Fsp3) is 0. The average Bonchev–Trinajstić information content (AvgIpc) is 3.56. The molecule has 0 aliphatic rings. The predicted molar refractivity (Wildman–Crippen MR) is 209 cm³/mol. The summed E-state index contributed by atoms with van der Waals surface area (Å²) >= 11 is 0. The minimum Gasteiger partial charge on any atom is -0.455 e. The number of hydrogen-bond donors (Lipinski definition) is 0. The maximum Gasteiger partial charge on any atom is 0.143 e. The molecule has 1 heterocycles. The lowest BCUT2D eigenvalue weighted by Crippen LogP contribution is -1.88. The normalized spacial score (nSPS) is 12.1. The molecule has 0 atom stereocenters. The molecule has 1 aromatic heterocycles. The van der Waals surface area contributed by atoms with Gasteiger partial charge in [0.25, 0.3) is 0 Å². The average molecular weight is 621 g/mol. The molecule has 0 amide bonds. The maximum atomic E-state index is 6.82. The van der Waals surface area contributed by atoms with E-state index in [9.17, 15) is 0 Å². The Morgan fingerprint density at radius 3 is 1.73 bits per heavy atom. The monoisotopic (exact) mass is 620 g/mol. The Kier molecular flexibility index (Phi) is 5.45. The molecule has 0 fully saturated rings. The lowest BCUT2D eigenvalue weighted by molar-refractivity contribution is 0.674. The van der Waals surface area contributed by atoms with Gasteiger partial charge in [-0.3, -0.25) is 0 Å². The van der Waals surface area contributed by atoms with E-state index >= 15 is 0 Å². The second-order valence-corrected chi connectivity index (χ2v) is 13.3. The first-order chi connectivity index (χ1) is 24.3.